The van der Waals surface area contributed by atoms with E-state index in [1.165, 1.54) is 11.3 Å². The minimum absolute atomic E-state index is 0.228. The molecular formula is C31H27ClN2O4S. The number of allylic oxidation sites excluding steroid dienone is 1. The standard InChI is InChI=1S/C31H27ClN2O4S/c1-4-37-30(36)27-20(3)33-31-34(28(27)21-15-13-19(2)14-16-21)29(35)26(39-31)17-22-9-6-8-12-25(22)38-18-23-10-5-7-11-24(23)32/h5-17,28H,4,18H2,1-3H3/b26-17-/t28-/m1/s1. The molecular weight excluding hydrogens is 532 g/mol. The van der Waals surface area contributed by atoms with Gasteiger partial charge in [0.05, 0.1) is 28.5 Å². The number of aryl methyl sites for hydroxylation is 1. The number of hydrogen-bond donors (Lipinski definition) is 0. The molecule has 0 saturated carbocycles. The first-order chi connectivity index (χ1) is 18.9. The third-order valence-corrected chi connectivity index (χ3v) is 7.81. The minimum atomic E-state index is -0.644. The molecule has 1 atom stereocenters. The highest BCUT2D eigenvalue weighted by Crippen LogP contribution is 2.31. The van der Waals surface area contributed by atoms with Crippen LogP contribution in [-0.4, -0.2) is 17.1 Å². The van der Waals surface area contributed by atoms with E-state index in [1.54, 1.807) is 24.5 Å². The molecule has 0 radical (unpaired) electrons. The predicted octanol–water partition coefficient (Wildman–Crippen LogP) is 5.34. The van der Waals surface area contributed by atoms with E-state index >= 15 is 0 Å². The highest BCUT2D eigenvalue weighted by Gasteiger charge is 2.33. The van der Waals surface area contributed by atoms with Gasteiger partial charge in [-0.05, 0) is 44.5 Å². The van der Waals surface area contributed by atoms with Gasteiger partial charge in [-0.25, -0.2) is 9.79 Å². The van der Waals surface area contributed by atoms with Crippen LogP contribution in [0.25, 0.3) is 6.08 Å². The summed E-state index contributed by atoms with van der Waals surface area (Å²) in [5, 5.41) is 0.632. The van der Waals surface area contributed by atoms with Crippen LogP contribution < -0.4 is 19.6 Å². The fourth-order valence-electron chi connectivity index (χ4n) is 4.50. The molecule has 0 N–H and O–H groups in total. The van der Waals surface area contributed by atoms with Crippen molar-refractivity contribution in [1.29, 1.82) is 0 Å². The van der Waals surface area contributed by atoms with Crippen LogP contribution >= 0.6 is 22.9 Å². The van der Waals surface area contributed by atoms with Crippen LogP contribution in [0.4, 0.5) is 0 Å². The van der Waals surface area contributed by atoms with Gasteiger partial charge in [-0.1, -0.05) is 89.2 Å². The van der Waals surface area contributed by atoms with Crippen LogP contribution in [0.5, 0.6) is 5.75 Å². The highest BCUT2D eigenvalue weighted by atomic mass is 35.5. The number of esters is 1. The van der Waals surface area contributed by atoms with E-state index < -0.39 is 12.0 Å². The van der Waals surface area contributed by atoms with Crippen LogP contribution in [0.15, 0.2) is 93.9 Å². The molecule has 2 heterocycles. The van der Waals surface area contributed by atoms with Crippen molar-refractivity contribution in [2.24, 2.45) is 4.99 Å². The van der Waals surface area contributed by atoms with Crippen LogP contribution in [0.3, 0.4) is 0 Å². The second-order valence-corrected chi connectivity index (χ2v) is 10.5. The zero-order chi connectivity index (χ0) is 27.5. The first-order valence-corrected chi connectivity index (χ1v) is 13.8. The van der Waals surface area contributed by atoms with Crippen molar-refractivity contribution in [1.82, 2.24) is 4.57 Å². The zero-order valence-corrected chi connectivity index (χ0v) is 23.4. The maximum Gasteiger partial charge on any atom is 0.338 e. The number of thiazole rings is 1. The zero-order valence-electron chi connectivity index (χ0n) is 21.8. The number of carbonyl (C=O) groups excluding carboxylic acids is 1. The van der Waals surface area contributed by atoms with Crippen LogP contribution in [-0.2, 0) is 16.1 Å². The summed E-state index contributed by atoms with van der Waals surface area (Å²) in [6.45, 7) is 6.05. The lowest BCUT2D eigenvalue weighted by molar-refractivity contribution is -0.139. The molecule has 0 amide bonds. The maximum atomic E-state index is 13.9. The van der Waals surface area contributed by atoms with E-state index in [2.05, 4.69) is 4.99 Å². The number of carbonyl (C=O) groups is 1. The fraction of sp³-hybridized carbons (Fsp3) is 0.194. The molecule has 39 heavy (non-hydrogen) atoms. The van der Waals surface area contributed by atoms with Crippen LogP contribution in [0.1, 0.15) is 42.1 Å². The molecule has 8 heteroatoms. The molecule has 1 aromatic heterocycles. The summed E-state index contributed by atoms with van der Waals surface area (Å²) in [5.41, 5.74) is 4.18. The number of nitrogens with zero attached hydrogens (tertiary/aromatic N) is 2. The molecule has 1 aliphatic heterocycles. The smallest absolute Gasteiger partial charge is 0.338 e. The van der Waals surface area contributed by atoms with Gasteiger partial charge in [0.15, 0.2) is 4.80 Å². The Labute approximate surface area is 235 Å². The van der Waals surface area contributed by atoms with Crippen LogP contribution in [0, 0.1) is 6.92 Å². The lowest BCUT2D eigenvalue weighted by Crippen LogP contribution is -2.39. The van der Waals surface area contributed by atoms with Gasteiger partial charge >= 0.3 is 5.97 Å². The first kappa shape index (κ1) is 26.7. The molecule has 0 spiro atoms. The number of hydrogen-bond acceptors (Lipinski definition) is 6. The van der Waals surface area contributed by atoms with Crippen molar-refractivity contribution in [2.45, 2.75) is 33.4 Å². The van der Waals surface area contributed by atoms with E-state index in [-0.39, 0.29) is 12.2 Å². The summed E-state index contributed by atoms with van der Waals surface area (Å²) >= 11 is 7.58. The Balaban J connectivity index is 1.60. The van der Waals surface area contributed by atoms with Crippen LogP contribution in [0.2, 0.25) is 5.02 Å². The van der Waals surface area contributed by atoms with Crippen molar-refractivity contribution < 1.29 is 14.3 Å². The quantitative estimate of drug-likeness (QED) is 0.287. The van der Waals surface area contributed by atoms with Gasteiger partial charge < -0.3 is 9.47 Å². The monoisotopic (exact) mass is 558 g/mol. The Bertz CT molecular complexity index is 1750. The minimum Gasteiger partial charge on any atom is -0.488 e. The van der Waals surface area contributed by atoms with E-state index in [0.717, 1.165) is 22.3 Å². The molecule has 4 aromatic rings. The van der Waals surface area contributed by atoms with Gasteiger partial charge in [0.25, 0.3) is 5.56 Å². The van der Waals surface area contributed by atoms with E-state index in [9.17, 15) is 9.59 Å². The molecule has 0 saturated heterocycles. The number of rotatable bonds is 7. The number of aromatic nitrogens is 1. The van der Waals surface area contributed by atoms with Gasteiger partial charge in [0, 0.05) is 16.1 Å². The highest BCUT2D eigenvalue weighted by molar-refractivity contribution is 7.07. The number of benzene rings is 3. The second kappa shape index (κ2) is 11.4. The summed E-state index contributed by atoms with van der Waals surface area (Å²) < 4.78 is 13.5. The molecule has 3 aromatic carbocycles. The average molecular weight is 559 g/mol. The van der Waals surface area contributed by atoms with E-state index in [1.807, 2.05) is 79.7 Å². The van der Waals surface area contributed by atoms with Gasteiger partial charge in [-0.15, -0.1) is 0 Å². The number of halogens is 1. The topological polar surface area (TPSA) is 69.9 Å². The molecule has 198 valence electrons. The molecule has 6 nitrogen and oxygen atoms in total. The Morgan fingerprint density at radius 2 is 1.77 bits per heavy atom. The van der Waals surface area contributed by atoms with Gasteiger partial charge in [-0.2, -0.15) is 0 Å². The van der Waals surface area contributed by atoms with Gasteiger partial charge in [0.2, 0.25) is 0 Å². The third kappa shape index (κ3) is 5.46. The van der Waals surface area contributed by atoms with Gasteiger partial charge in [-0.3, -0.25) is 9.36 Å². The summed E-state index contributed by atoms with van der Waals surface area (Å²) in [6, 6.07) is 22.2. The van der Waals surface area contributed by atoms with Crippen molar-refractivity contribution >= 4 is 35.0 Å². The Kier molecular flexibility index (Phi) is 7.82. The van der Waals surface area contributed by atoms with Crippen molar-refractivity contribution in [2.75, 3.05) is 6.61 Å². The van der Waals surface area contributed by atoms with Crippen molar-refractivity contribution in [3.63, 3.8) is 0 Å². The molecule has 0 unspecified atom stereocenters. The molecule has 1 aliphatic rings. The normalized spacial score (nSPS) is 15.1. The number of fused-ring (bicyclic) bond motifs is 1. The lowest BCUT2D eigenvalue weighted by Gasteiger charge is -2.24. The van der Waals surface area contributed by atoms with Gasteiger partial charge in [0.1, 0.15) is 12.4 Å². The largest absolute Gasteiger partial charge is 0.488 e. The van der Waals surface area contributed by atoms with Crippen molar-refractivity contribution in [3.8, 4) is 5.75 Å². The predicted molar refractivity (Wildman–Crippen MR) is 154 cm³/mol. The summed E-state index contributed by atoms with van der Waals surface area (Å²) in [7, 11) is 0. The summed E-state index contributed by atoms with van der Waals surface area (Å²) in [4.78, 5) is 32.1. The summed E-state index contributed by atoms with van der Waals surface area (Å²) in [5.74, 6) is 0.152. The Hall–Kier alpha value is -3.94. The first-order valence-electron chi connectivity index (χ1n) is 12.6. The molecule has 0 fully saturated rings. The van der Waals surface area contributed by atoms with E-state index in [0.29, 0.717) is 38.0 Å². The Morgan fingerprint density at radius 1 is 1.05 bits per heavy atom. The number of para-hydroxylation sites is 1. The SMILES string of the molecule is CCOC(=O)C1=C(C)N=c2s/c(=C\c3ccccc3OCc3ccccc3Cl)c(=O)n2[C@@H]1c1ccc(C)cc1. The molecule has 0 aliphatic carbocycles. The lowest BCUT2D eigenvalue weighted by atomic mass is 9.95. The second-order valence-electron chi connectivity index (χ2n) is 9.13. The summed E-state index contributed by atoms with van der Waals surface area (Å²) in [6.07, 6.45) is 1.81. The fourth-order valence-corrected chi connectivity index (χ4v) is 5.73. The number of ether oxygens (including phenoxy) is 2. The molecule has 0 bridgehead atoms. The maximum absolute atomic E-state index is 13.9. The van der Waals surface area contributed by atoms with E-state index in [4.69, 9.17) is 21.1 Å². The Morgan fingerprint density at radius 3 is 2.51 bits per heavy atom. The molecule has 5 rings (SSSR count). The third-order valence-electron chi connectivity index (χ3n) is 6.46. The average Bonchev–Trinajstić information content (AvgIpc) is 3.23. The van der Waals surface area contributed by atoms with Crippen molar-refractivity contribution in [3.05, 3.63) is 131 Å².